The predicted octanol–water partition coefficient (Wildman–Crippen LogP) is 4.70. The van der Waals surface area contributed by atoms with Gasteiger partial charge in [-0.15, -0.1) is 11.3 Å². The summed E-state index contributed by atoms with van der Waals surface area (Å²) in [5.74, 6) is 2.00. The highest BCUT2D eigenvalue weighted by Crippen LogP contribution is 2.37. The molecule has 0 radical (unpaired) electrons. The minimum absolute atomic E-state index is 0.0226. The number of halogens is 2. The molecule has 14 nitrogen and oxygen atoms in total. The summed E-state index contributed by atoms with van der Waals surface area (Å²) < 4.78 is 40.2. The van der Waals surface area contributed by atoms with Crippen molar-refractivity contribution in [3.63, 3.8) is 0 Å². The summed E-state index contributed by atoms with van der Waals surface area (Å²) in [7, 11) is 0. The highest BCUT2D eigenvalue weighted by molar-refractivity contribution is 7.14. The number of imide groups is 1. The third-order valence-electron chi connectivity index (χ3n) is 9.46. The first kappa shape index (κ1) is 42.9. The van der Waals surface area contributed by atoms with Crippen molar-refractivity contribution < 1.29 is 37.4 Å². The Kier molecular flexibility index (Phi) is 14.9. The number of benzene rings is 2. The second-order valence-corrected chi connectivity index (χ2v) is 16.0. The van der Waals surface area contributed by atoms with E-state index in [9.17, 15) is 28.0 Å². The van der Waals surface area contributed by atoms with E-state index in [1.54, 1.807) is 30.5 Å². The van der Waals surface area contributed by atoms with E-state index in [1.165, 1.54) is 17.4 Å². The fraction of sp³-hybridized carbons (Fsp3) is 0.500. The number of hydrogen-bond acceptors (Lipinski definition) is 12. The maximum Gasteiger partial charge on any atom is 0.270 e. The number of nitrogens with two attached hydrogens (primary N) is 2. The molecule has 300 valence electrons. The summed E-state index contributed by atoms with van der Waals surface area (Å²) in [6, 6.07) is 6.96. The van der Waals surface area contributed by atoms with Crippen LogP contribution in [0.2, 0.25) is 0 Å². The number of hydrazine groups is 1. The lowest BCUT2D eigenvalue weighted by Crippen LogP contribution is -2.44. The molecule has 2 heterocycles. The van der Waals surface area contributed by atoms with E-state index in [4.69, 9.17) is 21.1 Å². The third-order valence-corrected chi connectivity index (χ3v) is 10.4. The van der Waals surface area contributed by atoms with Gasteiger partial charge >= 0.3 is 0 Å². The Balaban J connectivity index is 1.26. The number of carbonyl (C=O) groups is 4. The van der Waals surface area contributed by atoms with Gasteiger partial charge in [0.1, 0.15) is 0 Å². The van der Waals surface area contributed by atoms with E-state index in [0.29, 0.717) is 57.2 Å². The van der Waals surface area contributed by atoms with Crippen molar-refractivity contribution in [3.05, 3.63) is 52.9 Å². The molecule has 0 aliphatic carbocycles. The monoisotopic (exact) mass is 786 g/mol. The average molecular weight is 787 g/mol. The van der Waals surface area contributed by atoms with Crippen LogP contribution in [-0.4, -0.2) is 86.2 Å². The summed E-state index contributed by atoms with van der Waals surface area (Å²) in [5.41, 5.74) is 7.44. The lowest BCUT2D eigenvalue weighted by atomic mass is 9.79. The topological polar surface area (TPSA) is 194 Å². The van der Waals surface area contributed by atoms with E-state index >= 15 is 0 Å². The number of aromatic nitrogens is 1. The molecule has 1 aliphatic rings. The van der Waals surface area contributed by atoms with Crippen LogP contribution in [0.15, 0.2) is 35.7 Å². The number of thiazole rings is 1. The summed E-state index contributed by atoms with van der Waals surface area (Å²) in [4.78, 5) is 54.8. The molecule has 17 heteroatoms. The SMILES string of the molecule is CC(CCC(=O)NC=O)N(N)C(=O)c1cc(NCC(C)(C)CCC(C)(C)CNC(=O)COc2c(-c3csc(N4CCOCC4)n3)ccc(F)c2F)ccc1N. The number of nitrogens with zero attached hydrogens (tertiary/aromatic N) is 3. The van der Waals surface area contributed by atoms with E-state index in [-0.39, 0.29) is 46.2 Å². The van der Waals surface area contributed by atoms with Gasteiger partial charge in [-0.25, -0.2) is 15.2 Å². The molecule has 1 unspecified atom stereocenters. The maximum absolute atomic E-state index is 15.0. The van der Waals surface area contributed by atoms with Crippen LogP contribution in [0.25, 0.3) is 11.3 Å². The van der Waals surface area contributed by atoms with Crippen LogP contribution >= 0.6 is 11.3 Å². The van der Waals surface area contributed by atoms with Crippen LogP contribution in [0, 0.1) is 22.5 Å². The van der Waals surface area contributed by atoms with Crippen LogP contribution in [0.5, 0.6) is 5.75 Å². The number of rotatable bonds is 19. The van der Waals surface area contributed by atoms with E-state index < -0.39 is 42.0 Å². The Morgan fingerprint density at radius 3 is 2.45 bits per heavy atom. The van der Waals surface area contributed by atoms with Gasteiger partial charge in [0.15, 0.2) is 23.3 Å². The first-order valence-corrected chi connectivity index (χ1v) is 19.0. The van der Waals surface area contributed by atoms with Crippen LogP contribution in [0.4, 0.5) is 25.3 Å². The number of morpholine rings is 1. The molecule has 1 fully saturated rings. The van der Waals surface area contributed by atoms with E-state index in [1.807, 2.05) is 13.8 Å². The summed E-state index contributed by atoms with van der Waals surface area (Å²) in [6.45, 7) is 12.9. The number of hydrogen-bond donors (Lipinski definition) is 5. The van der Waals surface area contributed by atoms with Gasteiger partial charge in [-0.1, -0.05) is 27.7 Å². The summed E-state index contributed by atoms with van der Waals surface area (Å²) in [5, 5.41) is 11.8. The number of ether oxygens (including phenoxy) is 2. The molecule has 1 saturated heterocycles. The van der Waals surface area contributed by atoms with Crippen LogP contribution in [0.3, 0.4) is 0 Å². The number of carbonyl (C=O) groups excluding carboxylic acids is 4. The van der Waals surface area contributed by atoms with Gasteiger partial charge in [-0.05, 0) is 67.3 Å². The van der Waals surface area contributed by atoms with Crippen molar-refractivity contribution >= 4 is 52.0 Å². The van der Waals surface area contributed by atoms with Gasteiger partial charge in [-0.2, -0.15) is 4.39 Å². The molecule has 0 saturated carbocycles. The smallest absolute Gasteiger partial charge is 0.270 e. The summed E-state index contributed by atoms with van der Waals surface area (Å²) in [6.07, 6.45) is 2.11. The fourth-order valence-electron chi connectivity index (χ4n) is 5.69. The lowest BCUT2D eigenvalue weighted by Gasteiger charge is -2.32. The molecule has 4 amide bonds. The van der Waals surface area contributed by atoms with Crippen LogP contribution < -0.4 is 37.2 Å². The van der Waals surface area contributed by atoms with Gasteiger partial charge in [0.05, 0.1) is 24.5 Å². The first-order valence-electron chi connectivity index (χ1n) is 18.1. The largest absolute Gasteiger partial charge is 0.480 e. The third kappa shape index (κ3) is 12.3. The molecule has 1 atom stereocenters. The maximum atomic E-state index is 15.0. The predicted molar refractivity (Wildman–Crippen MR) is 208 cm³/mol. The molecule has 3 aromatic rings. The second-order valence-electron chi connectivity index (χ2n) is 15.2. The first-order chi connectivity index (χ1) is 26.0. The van der Waals surface area contributed by atoms with Crippen molar-refractivity contribution in [3.8, 4) is 17.0 Å². The zero-order valence-electron chi connectivity index (χ0n) is 32.0. The number of nitrogen functional groups attached to an aromatic ring is 1. The van der Waals surface area contributed by atoms with Gasteiger partial charge in [0.2, 0.25) is 18.1 Å². The Bertz CT molecular complexity index is 1820. The van der Waals surface area contributed by atoms with Gasteiger partial charge in [-0.3, -0.25) is 29.5 Å². The normalized spacial score (nSPS) is 13.9. The van der Waals surface area contributed by atoms with Crippen molar-refractivity contribution in [1.82, 2.24) is 20.6 Å². The highest BCUT2D eigenvalue weighted by Gasteiger charge is 2.27. The molecule has 1 aromatic heterocycles. The van der Waals surface area contributed by atoms with Crippen molar-refractivity contribution in [2.75, 3.05) is 62.0 Å². The molecular weight excluding hydrogens is 735 g/mol. The van der Waals surface area contributed by atoms with Crippen LogP contribution in [-0.2, 0) is 19.1 Å². The molecular formula is C38H52F2N8O6S. The molecule has 55 heavy (non-hydrogen) atoms. The quantitative estimate of drug-likeness (QED) is 0.0372. The number of anilines is 3. The standard InChI is InChI=1S/C38H52F2N8O6S/c1-24(6-11-31(50)45-23-49)48(42)35(52)27-18-25(7-10-29(27)41)43-21-37(2,3)12-13-38(4,5)22-44-32(51)19-54-34-26(8-9-28(39)33(34)40)30-20-55-36(46-30)47-14-16-53-17-15-47/h7-10,18,20,23-24,43H,6,11-17,19,21-22,41-42H2,1-5H3,(H,44,51)(H,45,49,50). The van der Waals surface area contributed by atoms with E-state index in [0.717, 1.165) is 29.0 Å². The van der Waals surface area contributed by atoms with Gasteiger partial charge < -0.3 is 30.7 Å². The summed E-state index contributed by atoms with van der Waals surface area (Å²) >= 11 is 1.38. The zero-order valence-corrected chi connectivity index (χ0v) is 32.8. The molecule has 4 rings (SSSR count). The number of amides is 4. The van der Waals surface area contributed by atoms with Crippen molar-refractivity contribution in [1.29, 1.82) is 0 Å². The fourth-order valence-corrected chi connectivity index (χ4v) is 6.57. The average Bonchev–Trinajstić information content (AvgIpc) is 3.66. The van der Waals surface area contributed by atoms with E-state index in [2.05, 4.69) is 39.7 Å². The molecule has 2 aromatic carbocycles. The molecule has 1 aliphatic heterocycles. The molecule has 7 N–H and O–H groups in total. The minimum atomic E-state index is -1.18. The van der Waals surface area contributed by atoms with Gasteiger partial charge in [0.25, 0.3) is 11.8 Å². The second kappa shape index (κ2) is 19.1. The number of nitrogens with one attached hydrogen (secondary N) is 3. The Morgan fingerprint density at radius 2 is 1.76 bits per heavy atom. The Morgan fingerprint density at radius 1 is 1.07 bits per heavy atom. The van der Waals surface area contributed by atoms with Crippen LogP contribution in [0.1, 0.15) is 70.7 Å². The highest BCUT2D eigenvalue weighted by atomic mass is 32.1. The Hall–Kier alpha value is -4.87. The lowest BCUT2D eigenvalue weighted by molar-refractivity contribution is -0.126. The van der Waals surface area contributed by atoms with Gasteiger partial charge in [0, 0.05) is 61.0 Å². The molecule has 0 bridgehead atoms. The van der Waals surface area contributed by atoms with Crippen molar-refractivity contribution in [2.45, 2.75) is 66.3 Å². The minimum Gasteiger partial charge on any atom is -0.480 e. The molecule has 0 spiro atoms. The Labute approximate surface area is 324 Å². The zero-order chi connectivity index (χ0) is 40.3. The van der Waals surface area contributed by atoms with Crippen molar-refractivity contribution in [2.24, 2.45) is 16.7 Å².